The van der Waals surface area contributed by atoms with Crippen molar-refractivity contribution in [1.29, 1.82) is 0 Å². The van der Waals surface area contributed by atoms with Crippen molar-refractivity contribution in [3.63, 3.8) is 0 Å². The Bertz CT molecular complexity index is 1180. The number of hydroxylamine groups is 1. The van der Waals surface area contributed by atoms with Crippen LogP contribution >= 0.6 is 0 Å². The predicted molar refractivity (Wildman–Crippen MR) is 149 cm³/mol. The Kier molecular flexibility index (Phi) is 11.3. The number of hydrogen-bond acceptors (Lipinski definition) is 4. The minimum absolute atomic E-state index is 0.120. The van der Waals surface area contributed by atoms with Gasteiger partial charge in [0.05, 0.1) is 11.5 Å². The van der Waals surface area contributed by atoms with Crippen LogP contribution in [0.4, 0.5) is 13.2 Å². The average Bonchev–Trinajstić information content (AvgIpc) is 3.10. The van der Waals surface area contributed by atoms with E-state index in [-0.39, 0.29) is 17.7 Å². The first kappa shape index (κ1) is 32.1. The first-order valence-corrected chi connectivity index (χ1v) is 14.2. The number of carbonyl (C=O) groups excluding carboxylic acids is 3. The van der Waals surface area contributed by atoms with Crippen molar-refractivity contribution in [2.24, 2.45) is 17.8 Å². The normalized spacial score (nSPS) is 17.6. The van der Waals surface area contributed by atoms with Crippen molar-refractivity contribution >= 4 is 17.7 Å². The van der Waals surface area contributed by atoms with Gasteiger partial charge < -0.3 is 10.2 Å². The SMILES string of the molecule is CCC[C@H](C(=O)NO)[C@@H](CC(C)C)C(=O)N[C@H]1CCCCN(Cc2cccc(-c3ccc(C(F)(F)F)cc3)c2)C1=O. The van der Waals surface area contributed by atoms with E-state index in [1.54, 1.807) is 16.4 Å². The lowest BCUT2D eigenvalue weighted by atomic mass is 9.81. The summed E-state index contributed by atoms with van der Waals surface area (Å²) >= 11 is 0. The molecule has 0 bridgehead atoms. The molecule has 1 fully saturated rings. The molecule has 3 amide bonds. The van der Waals surface area contributed by atoms with Gasteiger partial charge in [0.15, 0.2) is 0 Å². The molecule has 41 heavy (non-hydrogen) atoms. The van der Waals surface area contributed by atoms with Crippen LogP contribution in [0.3, 0.4) is 0 Å². The highest BCUT2D eigenvalue weighted by atomic mass is 19.4. The lowest BCUT2D eigenvalue weighted by Crippen LogP contribution is -2.51. The second kappa shape index (κ2) is 14.5. The van der Waals surface area contributed by atoms with Crippen LogP contribution < -0.4 is 10.8 Å². The van der Waals surface area contributed by atoms with Crippen molar-refractivity contribution in [3.8, 4) is 11.1 Å². The zero-order valence-corrected chi connectivity index (χ0v) is 23.8. The third-order valence-corrected chi connectivity index (χ3v) is 7.54. The molecule has 0 aliphatic carbocycles. The summed E-state index contributed by atoms with van der Waals surface area (Å²) in [7, 11) is 0. The van der Waals surface area contributed by atoms with E-state index in [2.05, 4.69) is 5.32 Å². The number of likely N-dealkylation sites (tertiary alicyclic amines) is 1. The van der Waals surface area contributed by atoms with Gasteiger partial charge in [-0.1, -0.05) is 57.5 Å². The van der Waals surface area contributed by atoms with Crippen LogP contribution in [0.15, 0.2) is 48.5 Å². The maximum absolute atomic E-state index is 13.6. The van der Waals surface area contributed by atoms with Crippen LogP contribution in [-0.2, 0) is 27.1 Å². The van der Waals surface area contributed by atoms with Gasteiger partial charge in [0.25, 0.3) is 0 Å². The quantitative estimate of drug-likeness (QED) is 0.228. The zero-order chi connectivity index (χ0) is 30.2. The number of carbonyl (C=O) groups is 3. The summed E-state index contributed by atoms with van der Waals surface area (Å²) in [5, 5.41) is 12.2. The fraction of sp³-hybridized carbons (Fsp3) is 0.516. The molecule has 7 nitrogen and oxygen atoms in total. The Hall–Kier alpha value is -3.40. The van der Waals surface area contributed by atoms with Crippen LogP contribution in [0.2, 0.25) is 0 Å². The Morgan fingerprint density at radius 3 is 2.34 bits per heavy atom. The number of nitrogens with zero attached hydrogens (tertiary/aromatic N) is 1. The van der Waals surface area contributed by atoms with Crippen LogP contribution in [0.5, 0.6) is 0 Å². The van der Waals surface area contributed by atoms with Gasteiger partial charge >= 0.3 is 6.18 Å². The fourth-order valence-electron chi connectivity index (χ4n) is 5.47. The standard InChI is InChI=1S/C31H40F3N3O4/c1-4-8-25(29(39)36-41)26(17-20(2)3)28(38)35-27-11-5-6-16-37(30(27)40)19-21-9-7-10-23(18-21)22-12-14-24(15-13-22)31(32,33)34/h7,9-10,12-15,18,20,25-27,41H,4-6,8,11,16-17,19H2,1-3H3,(H,35,38)(H,36,39)/t25-,26+,27-/m0/s1. The van der Waals surface area contributed by atoms with E-state index in [9.17, 15) is 32.8 Å². The first-order chi connectivity index (χ1) is 19.4. The molecule has 3 atom stereocenters. The Balaban J connectivity index is 1.76. The highest BCUT2D eigenvalue weighted by Gasteiger charge is 2.36. The lowest BCUT2D eigenvalue weighted by Gasteiger charge is -2.29. The highest BCUT2D eigenvalue weighted by molar-refractivity contribution is 5.91. The molecular weight excluding hydrogens is 535 g/mol. The van der Waals surface area contributed by atoms with Crippen molar-refractivity contribution in [3.05, 3.63) is 59.7 Å². The van der Waals surface area contributed by atoms with Gasteiger partial charge in [0.1, 0.15) is 6.04 Å². The van der Waals surface area contributed by atoms with Gasteiger partial charge in [-0.05, 0) is 72.9 Å². The van der Waals surface area contributed by atoms with Gasteiger partial charge in [0, 0.05) is 19.0 Å². The molecule has 1 aliphatic rings. The molecule has 2 aromatic rings. The Labute approximate surface area is 239 Å². The van der Waals surface area contributed by atoms with E-state index < -0.39 is 35.5 Å². The Morgan fingerprint density at radius 2 is 1.73 bits per heavy atom. The van der Waals surface area contributed by atoms with E-state index in [4.69, 9.17) is 0 Å². The largest absolute Gasteiger partial charge is 0.416 e. The predicted octanol–water partition coefficient (Wildman–Crippen LogP) is 5.95. The number of halogens is 3. The summed E-state index contributed by atoms with van der Waals surface area (Å²) in [6, 6.07) is 11.6. The molecule has 1 saturated heterocycles. The summed E-state index contributed by atoms with van der Waals surface area (Å²) in [5.41, 5.74) is 3.18. The van der Waals surface area contributed by atoms with E-state index in [0.29, 0.717) is 44.3 Å². The van der Waals surface area contributed by atoms with Crippen LogP contribution in [0, 0.1) is 17.8 Å². The first-order valence-electron chi connectivity index (χ1n) is 14.2. The molecule has 0 spiro atoms. The molecule has 0 saturated carbocycles. The highest BCUT2D eigenvalue weighted by Crippen LogP contribution is 2.31. The third kappa shape index (κ3) is 8.79. The minimum Gasteiger partial charge on any atom is -0.344 e. The number of alkyl halides is 3. The summed E-state index contributed by atoms with van der Waals surface area (Å²) in [5.74, 6) is -2.46. The number of rotatable bonds is 11. The number of hydrogen-bond donors (Lipinski definition) is 3. The molecule has 0 aromatic heterocycles. The fourth-order valence-corrected chi connectivity index (χ4v) is 5.47. The number of nitrogens with one attached hydrogen (secondary N) is 2. The van der Waals surface area contributed by atoms with Gasteiger partial charge in [0.2, 0.25) is 17.7 Å². The van der Waals surface area contributed by atoms with E-state index in [0.717, 1.165) is 36.1 Å². The van der Waals surface area contributed by atoms with Crippen molar-refractivity contribution in [2.75, 3.05) is 6.54 Å². The third-order valence-electron chi connectivity index (χ3n) is 7.54. The molecule has 2 aromatic carbocycles. The molecule has 0 radical (unpaired) electrons. The lowest BCUT2D eigenvalue weighted by molar-refractivity contribution is -0.143. The number of amides is 3. The number of benzene rings is 2. The summed E-state index contributed by atoms with van der Waals surface area (Å²) in [6.07, 6.45) is -0.910. The molecule has 1 aliphatic heterocycles. The van der Waals surface area contributed by atoms with E-state index >= 15 is 0 Å². The second-order valence-electron chi connectivity index (χ2n) is 11.2. The molecule has 3 rings (SSSR count). The van der Waals surface area contributed by atoms with Crippen molar-refractivity contribution in [1.82, 2.24) is 15.7 Å². The van der Waals surface area contributed by atoms with Gasteiger partial charge in [-0.25, -0.2) is 5.48 Å². The molecule has 3 N–H and O–H groups in total. The van der Waals surface area contributed by atoms with Crippen LogP contribution in [-0.4, -0.2) is 40.4 Å². The molecule has 1 heterocycles. The summed E-state index contributed by atoms with van der Waals surface area (Å²) < 4.78 is 38.9. The van der Waals surface area contributed by atoms with Gasteiger partial charge in [-0.3, -0.25) is 19.6 Å². The monoisotopic (exact) mass is 575 g/mol. The smallest absolute Gasteiger partial charge is 0.344 e. The van der Waals surface area contributed by atoms with Crippen molar-refractivity contribution < 1.29 is 32.8 Å². The van der Waals surface area contributed by atoms with Crippen molar-refractivity contribution in [2.45, 2.75) is 78.1 Å². The summed E-state index contributed by atoms with van der Waals surface area (Å²) in [6.45, 7) is 6.62. The van der Waals surface area contributed by atoms with Gasteiger partial charge in [-0.15, -0.1) is 0 Å². The van der Waals surface area contributed by atoms with E-state index in [1.807, 2.05) is 39.0 Å². The van der Waals surface area contributed by atoms with E-state index in [1.165, 1.54) is 12.1 Å². The molecule has 10 heteroatoms. The average molecular weight is 576 g/mol. The molecule has 0 unspecified atom stereocenters. The molecular formula is C31H40F3N3O4. The maximum Gasteiger partial charge on any atom is 0.416 e. The van der Waals surface area contributed by atoms with Crippen LogP contribution in [0.1, 0.15) is 70.4 Å². The second-order valence-corrected chi connectivity index (χ2v) is 11.2. The topological polar surface area (TPSA) is 98.7 Å². The maximum atomic E-state index is 13.6. The van der Waals surface area contributed by atoms with Gasteiger partial charge in [-0.2, -0.15) is 13.2 Å². The minimum atomic E-state index is -4.41. The summed E-state index contributed by atoms with van der Waals surface area (Å²) in [4.78, 5) is 41.2. The van der Waals surface area contributed by atoms with Crippen LogP contribution in [0.25, 0.3) is 11.1 Å². The Morgan fingerprint density at radius 1 is 1.02 bits per heavy atom. The zero-order valence-electron chi connectivity index (χ0n) is 23.8. The molecule has 224 valence electrons.